The van der Waals surface area contributed by atoms with Crippen molar-refractivity contribution in [2.24, 2.45) is 5.92 Å². The number of benzene rings is 1. The highest BCUT2D eigenvalue weighted by molar-refractivity contribution is 7.89. The number of sulfonamides is 1. The highest BCUT2D eigenvalue weighted by atomic mass is 32.2. The van der Waals surface area contributed by atoms with Crippen LogP contribution in [-0.4, -0.2) is 49.6 Å². The summed E-state index contributed by atoms with van der Waals surface area (Å²) < 4.78 is 39.1. The summed E-state index contributed by atoms with van der Waals surface area (Å²) in [5.41, 5.74) is 2.60. The maximum absolute atomic E-state index is 12.9. The van der Waals surface area contributed by atoms with Crippen LogP contribution in [0.1, 0.15) is 29.8 Å². The lowest BCUT2D eigenvalue weighted by molar-refractivity contribution is -0.106. The zero-order chi connectivity index (χ0) is 20.5. The van der Waals surface area contributed by atoms with Gasteiger partial charge in [-0.25, -0.2) is 8.42 Å². The number of ether oxygens (including phenoxy) is 2. The molecule has 4 rings (SSSR count). The van der Waals surface area contributed by atoms with Gasteiger partial charge in [0.1, 0.15) is 0 Å². The lowest BCUT2D eigenvalue weighted by atomic mass is 9.80. The van der Waals surface area contributed by atoms with Crippen molar-refractivity contribution in [2.45, 2.75) is 43.8 Å². The topological polar surface area (TPSA) is 68.7 Å². The van der Waals surface area contributed by atoms with Crippen LogP contribution in [-0.2, 0) is 26.1 Å². The fraction of sp³-hybridized carbons (Fsp3) is 0.500. The lowest BCUT2D eigenvalue weighted by Crippen LogP contribution is -2.65. The first kappa shape index (κ1) is 20.5. The van der Waals surface area contributed by atoms with Crippen LogP contribution in [0.4, 0.5) is 0 Å². The number of hydrogen-bond donors (Lipinski definition) is 0. The Labute approximate surface area is 172 Å². The van der Waals surface area contributed by atoms with Crippen LogP contribution in [0.5, 0.6) is 0 Å². The molecule has 1 aromatic heterocycles. The Balaban J connectivity index is 1.30. The Morgan fingerprint density at radius 1 is 1.17 bits per heavy atom. The molecule has 0 saturated carbocycles. The summed E-state index contributed by atoms with van der Waals surface area (Å²) in [4.78, 5) is 4.80. The van der Waals surface area contributed by atoms with E-state index in [2.05, 4.69) is 4.98 Å². The van der Waals surface area contributed by atoms with E-state index in [0.717, 1.165) is 29.8 Å². The van der Waals surface area contributed by atoms with Crippen molar-refractivity contribution in [3.63, 3.8) is 0 Å². The molecule has 7 heteroatoms. The first-order valence-electron chi connectivity index (χ1n) is 10.1. The average molecular weight is 417 g/mol. The summed E-state index contributed by atoms with van der Waals surface area (Å²) in [7, 11) is -3.46. The molecule has 2 saturated heterocycles. The second-order valence-electron chi connectivity index (χ2n) is 8.10. The maximum atomic E-state index is 12.9. The molecular formula is C22H28N2O4S. The van der Waals surface area contributed by atoms with Gasteiger partial charge in [-0.05, 0) is 56.9 Å². The molecule has 1 aromatic carbocycles. The fourth-order valence-corrected chi connectivity index (χ4v) is 5.76. The molecule has 156 valence electrons. The summed E-state index contributed by atoms with van der Waals surface area (Å²) >= 11 is 0. The van der Waals surface area contributed by atoms with E-state index in [9.17, 15) is 8.42 Å². The lowest BCUT2D eigenvalue weighted by Gasteiger charge is -2.49. The second-order valence-corrected chi connectivity index (χ2v) is 10.0. The molecule has 0 N–H and O–H groups in total. The minimum atomic E-state index is -3.46. The van der Waals surface area contributed by atoms with Gasteiger partial charge in [-0.1, -0.05) is 23.8 Å². The molecule has 2 aliphatic heterocycles. The number of hydrogen-bond acceptors (Lipinski definition) is 5. The molecule has 29 heavy (non-hydrogen) atoms. The third-order valence-electron chi connectivity index (χ3n) is 5.95. The molecule has 2 aliphatic rings. The number of pyridine rings is 1. The normalized spacial score (nSPS) is 21.4. The van der Waals surface area contributed by atoms with E-state index in [1.807, 2.05) is 44.2 Å². The van der Waals surface area contributed by atoms with Gasteiger partial charge in [0.15, 0.2) is 0 Å². The van der Waals surface area contributed by atoms with E-state index in [0.29, 0.717) is 43.7 Å². The van der Waals surface area contributed by atoms with E-state index >= 15 is 0 Å². The third-order valence-corrected chi connectivity index (χ3v) is 7.76. The van der Waals surface area contributed by atoms with Gasteiger partial charge in [0.2, 0.25) is 10.0 Å². The molecule has 0 aliphatic carbocycles. The van der Waals surface area contributed by atoms with Gasteiger partial charge in [-0.2, -0.15) is 4.31 Å². The predicted molar refractivity (Wildman–Crippen MR) is 110 cm³/mol. The first-order chi connectivity index (χ1) is 13.9. The number of rotatable bonds is 7. The van der Waals surface area contributed by atoms with Gasteiger partial charge in [-0.3, -0.25) is 4.98 Å². The van der Waals surface area contributed by atoms with Crippen molar-refractivity contribution in [1.82, 2.24) is 9.29 Å². The zero-order valence-electron chi connectivity index (χ0n) is 17.0. The van der Waals surface area contributed by atoms with Crippen LogP contribution in [0.25, 0.3) is 0 Å². The predicted octanol–water partition coefficient (Wildman–Crippen LogP) is 3.08. The number of aromatic nitrogens is 1. The molecule has 0 unspecified atom stereocenters. The van der Waals surface area contributed by atoms with Gasteiger partial charge in [0, 0.05) is 32.0 Å². The first-order valence-corrected chi connectivity index (χ1v) is 11.5. The van der Waals surface area contributed by atoms with Crippen LogP contribution in [0, 0.1) is 19.8 Å². The minimum Gasteiger partial charge on any atom is -0.375 e. The minimum absolute atomic E-state index is 0.317. The van der Waals surface area contributed by atoms with Crippen molar-refractivity contribution >= 4 is 10.0 Å². The largest absolute Gasteiger partial charge is 0.375 e. The summed E-state index contributed by atoms with van der Waals surface area (Å²) in [6.07, 6.45) is 1.81. The van der Waals surface area contributed by atoms with Crippen LogP contribution < -0.4 is 0 Å². The molecule has 1 atom stereocenters. The van der Waals surface area contributed by atoms with E-state index in [1.54, 1.807) is 12.1 Å². The molecule has 1 spiro atoms. The van der Waals surface area contributed by atoms with Gasteiger partial charge in [0.25, 0.3) is 0 Å². The van der Waals surface area contributed by atoms with Crippen LogP contribution in [0.3, 0.4) is 0 Å². The Hall–Kier alpha value is -1.80. The van der Waals surface area contributed by atoms with Crippen molar-refractivity contribution in [1.29, 1.82) is 0 Å². The van der Waals surface area contributed by atoms with Crippen LogP contribution >= 0.6 is 0 Å². The molecule has 0 radical (unpaired) electrons. The van der Waals surface area contributed by atoms with Gasteiger partial charge < -0.3 is 9.47 Å². The second kappa shape index (κ2) is 8.14. The average Bonchev–Trinajstić information content (AvgIpc) is 3.08. The van der Waals surface area contributed by atoms with Crippen LogP contribution in [0.2, 0.25) is 0 Å². The number of aryl methyl sites for hydroxylation is 2. The Morgan fingerprint density at radius 2 is 1.93 bits per heavy atom. The highest BCUT2D eigenvalue weighted by Crippen LogP contribution is 2.43. The zero-order valence-corrected chi connectivity index (χ0v) is 17.8. The smallest absolute Gasteiger partial charge is 0.243 e. The van der Waals surface area contributed by atoms with Crippen molar-refractivity contribution in [3.05, 3.63) is 59.4 Å². The molecule has 3 heterocycles. The van der Waals surface area contributed by atoms with Crippen molar-refractivity contribution < 1.29 is 17.9 Å². The van der Waals surface area contributed by atoms with Crippen molar-refractivity contribution in [2.75, 3.05) is 26.3 Å². The molecule has 0 amide bonds. The van der Waals surface area contributed by atoms with Crippen molar-refractivity contribution in [3.8, 4) is 0 Å². The maximum Gasteiger partial charge on any atom is 0.243 e. The van der Waals surface area contributed by atoms with Gasteiger partial charge >= 0.3 is 0 Å². The van der Waals surface area contributed by atoms with E-state index in [1.165, 1.54) is 4.31 Å². The molecule has 6 nitrogen and oxygen atoms in total. The highest BCUT2D eigenvalue weighted by Gasteiger charge is 2.56. The molecule has 2 fully saturated rings. The quantitative estimate of drug-likeness (QED) is 0.649. The van der Waals surface area contributed by atoms with E-state index in [4.69, 9.17) is 9.47 Å². The van der Waals surface area contributed by atoms with Gasteiger partial charge in [-0.15, -0.1) is 0 Å². The Kier molecular flexibility index (Phi) is 5.75. The van der Waals surface area contributed by atoms with Crippen LogP contribution in [0.15, 0.2) is 47.4 Å². The number of nitrogens with zero attached hydrogens (tertiary/aromatic N) is 2. The van der Waals surface area contributed by atoms with E-state index < -0.39 is 10.0 Å². The third kappa shape index (κ3) is 4.23. The molecular weight excluding hydrogens is 388 g/mol. The van der Waals surface area contributed by atoms with E-state index in [-0.39, 0.29) is 5.60 Å². The monoisotopic (exact) mass is 416 g/mol. The Bertz CT molecular complexity index is 953. The molecule has 2 aromatic rings. The summed E-state index contributed by atoms with van der Waals surface area (Å²) in [6, 6.07) is 12.9. The summed E-state index contributed by atoms with van der Waals surface area (Å²) in [5, 5.41) is 0. The Morgan fingerprint density at radius 3 is 2.66 bits per heavy atom. The van der Waals surface area contributed by atoms with Gasteiger partial charge in [0.05, 0.1) is 22.8 Å². The summed E-state index contributed by atoms with van der Waals surface area (Å²) in [5.74, 6) is 0.317. The fourth-order valence-electron chi connectivity index (χ4n) is 4.20. The molecule has 0 bridgehead atoms. The SMILES string of the molecule is Cc1ccc(S(=O)(=O)N2CC3(C2)OCC[C@@H]3CCOCc2cccc(C)n2)cc1. The standard InChI is InChI=1S/C22H28N2O4S/c1-17-6-8-21(9-7-17)29(25,26)24-15-22(16-24)19(11-13-28-22)10-12-27-14-20-5-3-4-18(2)23-20/h3-9,19H,10-16H2,1-2H3/t19-/m0/s1. The summed E-state index contributed by atoms with van der Waals surface area (Å²) in [6.45, 7) is 6.56.